The summed E-state index contributed by atoms with van der Waals surface area (Å²) in [5.41, 5.74) is 5.52. The van der Waals surface area contributed by atoms with E-state index in [9.17, 15) is 0 Å². The topological polar surface area (TPSA) is 3.24 Å². The van der Waals surface area contributed by atoms with E-state index in [2.05, 4.69) is 67.3 Å². The minimum atomic E-state index is 0.622. The minimum Gasteiger partial charge on any atom is -0.310 e. The molecule has 0 N–H and O–H groups in total. The number of hydrogen-bond acceptors (Lipinski definition) is 1. The lowest BCUT2D eigenvalue weighted by Gasteiger charge is -2.26. The Labute approximate surface area is 147 Å². The van der Waals surface area contributed by atoms with Crippen molar-refractivity contribution in [1.29, 1.82) is 0 Å². The summed E-state index contributed by atoms with van der Waals surface area (Å²) >= 11 is 12.4. The van der Waals surface area contributed by atoms with Crippen molar-refractivity contribution in [1.82, 2.24) is 0 Å². The highest BCUT2D eigenvalue weighted by Gasteiger charge is 2.13. The van der Waals surface area contributed by atoms with Crippen molar-refractivity contribution in [2.45, 2.75) is 13.8 Å². The van der Waals surface area contributed by atoms with Gasteiger partial charge in [-0.15, -0.1) is 0 Å². The molecule has 0 atom stereocenters. The third-order valence-electron chi connectivity index (χ3n) is 3.69. The van der Waals surface area contributed by atoms with Gasteiger partial charge in [0, 0.05) is 27.1 Å². The quantitative estimate of drug-likeness (QED) is 0.491. The lowest BCUT2D eigenvalue weighted by molar-refractivity contribution is 1.27. The number of rotatable bonds is 3. The van der Waals surface area contributed by atoms with Crippen LogP contribution in [0, 0.1) is 13.8 Å². The normalized spacial score (nSPS) is 10.6. The summed E-state index contributed by atoms with van der Waals surface area (Å²) in [5.74, 6) is 0. The van der Waals surface area contributed by atoms with Gasteiger partial charge in [-0.3, -0.25) is 0 Å². The van der Waals surface area contributed by atoms with Gasteiger partial charge in [-0.05, 0) is 56.3 Å². The highest BCUT2D eigenvalue weighted by atomic mass is 35.5. The second-order valence-electron chi connectivity index (χ2n) is 5.63. The first-order chi connectivity index (χ1) is 11.0. The van der Waals surface area contributed by atoms with E-state index in [1.165, 1.54) is 11.1 Å². The van der Waals surface area contributed by atoms with Crippen molar-refractivity contribution in [3.63, 3.8) is 0 Å². The van der Waals surface area contributed by atoms with Gasteiger partial charge in [-0.25, -0.2) is 0 Å². The maximum Gasteiger partial charge on any atom is 0.0491 e. The second-order valence-corrected chi connectivity index (χ2v) is 6.51. The molecular formula is C20H17Cl2N. The largest absolute Gasteiger partial charge is 0.310 e. The molecule has 0 saturated heterocycles. The molecule has 3 heteroatoms. The molecule has 3 aromatic carbocycles. The number of nitrogens with zero attached hydrogens (tertiary/aromatic N) is 1. The zero-order valence-corrected chi connectivity index (χ0v) is 14.6. The molecule has 0 unspecified atom stereocenters. The van der Waals surface area contributed by atoms with Crippen molar-refractivity contribution in [3.05, 3.63) is 87.9 Å². The first kappa shape index (κ1) is 15.9. The SMILES string of the molecule is Cc1ccc(N(c2ccc(C)cc2)c2cc(Cl)cc(Cl)c2)cc1. The maximum absolute atomic E-state index is 6.21. The molecule has 0 aliphatic carbocycles. The van der Waals surface area contributed by atoms with E-state index >= 15 is 0 Å². The van der Waals surface area contributed by atoms with Crippen LogP contribution in [0.15, 0.2) is 66.7 Å². The van der Waals surface area contributed by atoms with E-state index < -0.39 is 0 Å². The smallest absolute Gasteiger partial charge is 0.0491 e. The van der Waals surface area contributed by atoms with E-state index in [0.717, 1.165) is 17.1 Å². The Bertz CT molecular complexity index is 742. The average Bonchev–Trinajstić information content (AvgIpc) is 2.50. The zero-order chi connectivity index (χ0) is 16.4. The Morgan fingerprint density at radius 3 is 1.35 bits per heavy atom. The zero-order valence-electron chi connectivity index (χ0n) is 13.1. The Hall–Kier alpha value is -1.96. The van der Waals surface area contributed by atoms with Crippen LogP contribution in [0.3, 0.4) is 0 Å². The van der Waals surface area contributed by atoms with E-state index in [4.69, 9.17) is 23.2 Å². The standard InChI is InChI=1S/C20H17Cl2N/c1-14-3-7-18(8-4-14)23(19-9-5-15(2)6-10-19)20-12-16(21)11-17(22)13-20/h3-13H,1-2H3. The number of anilines is 3. The Morgan fingerprint density at radius 2 is 0.957 bits per heavy atom. The molecule has 0 aromatic heterocycles. The van der Waals surface area contributed by atoms with Crippen molar-refractivity contribution >= 4 is 40.3 Å². The molecule has 0 aliphatic rings. The van der Waals surface area contributed by atoms with E-state index in [-0.39, 0.29) is 0 Å². The van der Waals surface area contributed by atoms with Crippen molar-refractivity contribution in [2.24, 2.45) is 0 Å². The van der Waals surface area contributed by atoms with Gasteiger partial charge in [0.05, 0.1) is 0 Å². The molecule has 0 amide bonds. The Kier molecular flexibility index (Phi) is 4.61. The molecule has 3 rings (SSSR count). The Morgan fingerprint density at radius 1 is 0.565 bits per heavy atom. The summed E-state index contributed by atoms with van der Waals surface area (Å²) in [7, 11) is 0. The molecule has 0 radical (unpaired) electrons. The van der Waals surface area contributed by atoms with Crippen LogP contribution in [0.4, 0.5) is 17.1 Å². The predicted molar refractivity (Wildman–Crippen MR) is 101 cm³/mol. The summed E-state index contributed by atoms with van der Waals surface area (Å²) in [6.45, 7) is 4.16. The maximum atomic E-state index is 6.21. The molecule has 3 aromatic rings. The third kappa shape index (κ3) is 3.69. The van der Waals surface area contributed by atoms with Crippen LogP contribution in [-0.4, -0.2) is 0 Å². The lowest BCUT2D eigenvalue weighted by Crippen LogP contribution is -2.10. The molecule has 0 bridgehead atoms. The van der Waals surface area contributed by atoms with E-state index in [0.29, 0.717) is 10.0 Å². The molecular weight excluding hydrogens is 325 g/mol. The van der Waals surface area contributed by atoms with Crippen LogP contribution in [-0.2, 0) is 0 Å². The van der Waals surface area contributed by atoms with Crippen LogP contribution >= 0.6 is 23.2 Å². The van der Waals surface area contributed by atoms with Crippen LogP contribution in [0.1, 0.15) is 11.1 Å². The summed E-state index contributed by atoms with van der Waals surface area (Å²) in [4.78, 5) is 2.15. The highest BCUT2D eigenvalue weighted by molar-refractivity contribution is 6.35. The highest BCUT2D eigenvalue weighted by Crippen LogP contribution is 2.37. The van der Waals surface area contributed by atoms with Crippen LogP contribution in [0.25, 0.3) is 0 Å². The monoisotopic (exact) mass is 341 g/mol. The number of hydrogen-bond donors (Lipinski definition) is 0. The first-order valence-electron chi connectivity index (χ1n) is 7.42. The third-order valence-corrected chi connectivity index (χ3v) is 4.13. The fourth-order valence-electron chi connectivity index (χ4n) is 2.50. The summed E-state index contributed by atoms with van der Waals surface area (Å²) in [5, 5.41) is 1.24. The molecule has 116 valence electrons. The van der Waals surface area contributed by atoms with Crippen LogP contribution in [0.5, 0.6) is 0 Å². The van der Waals surface area contributed by atoms with Crippen molar-refractivity contribution < 1.29 is 0 Å². The lowest BCUT2D eigenvalue weighted by atomic mass is 10.1. The molecule has 0 heterocycles. The van der Waals surface area contributed by atoms with Gasteiger partial charge in [-0.1, -0.05) is 58.6 Å². The summed E-state index contributed by atoms with van der Waals surface area (Å²) in [6.07, 6.45) is 0. The molecule has 0 saturated carbocycles. The van der Waals surface area contributed by atoms with Gasteiger partial charge in [0.25, 0.3) is 0 Å². The van der Waals surface area contributed by atoms with Gasteiger partial charge in [0.2, 0.25) is 0 Å². The van der Waals surface area contributed by atoms with Crippen LogP contribution in [0.2, 0.25) is 10.0 Å². The minimum absolute atomic E-state index is 0.622. The molecule has 0 aliphatic heterocycles. The van der Waals surface area contributed by atoms with Crippen LogP contribution < -0.4 is 4.90 Å². The molecule has 0 spiro atoms. The van der Waals surface area contributed by atoms with Gasteiger partial charge in [0.15, 0.2) is 0 Å². The van der Waals surface area contributed by atoms with Gasteiger partial charge in [0.1, 0.15) is 0 Å². The van der Waals surface area contributed by atoms with Gasteiger partial charge < -0.3 is 4.90 Å². The van der Waals surface area contributed by atoms with E-state index in [1.54, 1.807) is 6.07 Å². The van der Waals surface area contributed by atoms with Crippen molar-refractivity contribution in [2.75, 3.05) is 4.90 Å². The number of halogens is 2. The fourth-order valence-corrected chi connectivity index (χ4v) is 3.02. The van der Waals surface area contributed by atoms with Gasteiger partial charge in [-0.2, -0.15) is 0 Å². The summed E-state index contributed by atoms with van der Waals surface area (Å²) < 4.78 is 0. The van der Waals surface area contributed by atoms with Gasteiger partial charge >= 0.3 is 0 Å². The number of aryl methyl sites for hydroxylation is 2. The van der Waals surface area contributed by atoms with Crippen molar-refractivity contribution in [3.8, 4) is 0 Å². The Balaban J connectivity index is 2.16. The average molecular weight is 342 g/mol. The fraction of sp³-hybridized carbons (Fsp3) is 0.100. The molecule has 0 fully saturated rings. The first-order valence-corrected chi connectivity index (χ1v) is 8.18. The molecule has 1 nitrogen and oxygen atoms in total. The number of benzene rings is 3. The summed E-state index contributed by atoms with van der Waals surface area (Å²) in [6, 6.07) is 22.4. The second kappa shape index (κ2) is 6.66. The van der Waals surface area contributed by atoms with E-state index in [1.807, 2.05) is 12.1 Å². The predicted octanol–water partition coefficient (Wildman–Crippen LogP) is 7.08. The molecule has 23 heavy (non-hydrogen) atoms.